The Morgan fingerprint density at radius 3 is 2.50 bits per heavy atom. The molecule has 0 aliphatic carbocycles. The topological polar surface area (TPSA) is 87.6 Å². The van der Waals surface area contributed by atoms with E-state index in [1.807, 2.05) is 19.1 Å². The van der Waals surface area contributed by atoms with Gasteiger partial charge in [0, 0.05) is 6.04 Å². The number of hydrogen-bond acceptors (Lipinski definition) is 4. The molecule has 1 rings (SSSR count). The lowest BCUT2D eigenvalue weighted by Crippen LogP contribution is -2.30. The van der Waals surface area contributed by atoms with Crippen LogP contribution < -0.4 is 20.9 Å². The third-order valence-electron chi connectivity index (χ3n) is 2.49. The molecule has 5 nitrogen and oxygen atoms in total. The molecule has 4 N–H and O–H groups in total. The lowest BCUT2D eigenvalue weighted by molar-refractivity contribution is -0.124. The van der Waals surface area contributed by atoms with Crippen molar-refractivity contribution in [3.8, 4) is 11.5 Å². The van der Waals surface area contributed by atoms with Gasteiger partial charge in [-0.25, -0.2) is 0 Å². The van der Waals surface area contributed by atoms with Crippen LogP contribution in [0.4, 0.5) is 0 Å². The lowest BCUT2D eigenvalue weighted by atomic mass is 10.1. The average Bonchev–Trinajstić information content (AvgIpc) is 2.28. The predicted octanol–water partition coefficient (Wildman–Crippen LogP) is 0.838. The van der Waals surface area contributed by atoms with Gasteiger partial charge >= 0.3 is 0 Å². The molecule has 0 aromatic heterocycles. The Morgan fingerprint density at radius 1 is 1.33 bits per heavy atom. The Bertz CT molecular complexity index is 419. The standard InChI is InChI=1S/C13H20N2O3/c1-8(14)6-10-4-5-11(17-3)12(7-10)18-9(2)13(15)16/h4-5,7-9H,6,14H2,1-3H3,(H2,15,16). The Hall–Kier alpha value is -1.75. The Balaban J connectivity index is 2.94. The number of rotatable bonds is 6. The zero-order valence-corrected chi connectivity index (χ0v) is 11.0. The van der Waals surface area contributed by atoms with Gasteiger partial charge in [0.05, 0.1) is 7.11 Å². The molecule has 100 valence electrons. The summed E-state index contributed by atoms with van der Waals surface area (Å²) in [7, 11) is 1.54. The number of primary amides is 1. The smallest absolute Gasteiger partial charge is 0.258 e. The molecule has 1 amide bonds. The number of hydrogen-bond donors (Lipinski definition) is 2. The van der Waals surface area contributed by atoms with Gasteiger partial charge in [0.1, 0.15) is 0 Å². The Kier molecular flexibility index (Phi) is 4.97. The minimum atomic E-state index is -0.704. The van der Waals surface area contributed by atoms with Gasteiger partial charge in [0.25, 0.3) is 5.91 Å². The predicted molar refractivity (Wildman–Crippen MR) is 69.6 cm³/mol. The van der Waals surface area contributed by atoms with Crippen LogP contribution in [0.3, 0.4) is 0 Å². The van der Waals surface area contributed by atoms with Crippen LogP contribution in [0.1, 0.15) is 19.4 Å². The first kappa shape index (κ1) is 14.3. The monoisotopic (exact) mass is 252 g/mol. The van der Waals surface area contributed by atoms with Crippen LogP contribution in [0.5, 0.6) is 11.5 Å². The van der Waals surface area contributed by atoms with Gasteiger partial charge in [0.2, 0.25) is 0 Å². The van der Waals surface area contributed by atoms with Crippen molar-refractivity contribution in [1.29, 1.82) is 0 Å². The molecule has 0 spiro atoms. The highest BCUT2D eigenvalue weighted by molar-refractivity contribution is 5.78. The first-order valence-electron chi connectivity index (χ1n) is 5.82. The van der Waals surface area contributed by atoms with Crippen molar-refractivity contribution in [2.75, 3.05) is 7.11 Å². The Morgan fingerprint density at radius 2 is 2.00 bits per heavy atom. The molecule has 0 aliphatic rings. The fourth-order valence-electron chi connectivity index (χ4n) is 1.56. The largest absolute Gasteiger partial charge is 0.493 e. The maximum Gasteiger partial charge on any atom is 0.258 e. The van der Waals surface area contributed by atoms with Crippen LogP contribution in [0.25, 0.3) is 0 Å². The van der Waals surface area contributed by atoms with Gasteiger partial charge in [-0.15, -0.1) is 0 Å². The minimum Gasteiger partial charge on any atom is -0.493 e. The van der Waals surface area contributed by atoms with E-state index >= 15 is 0 Å². The molecule has 18 heavy (non-hydrogen) atoms. The average molecular weight is 252 g/mol. The normalized spacial score (nSPS) is 13.8. The molecule has 5 heteroatoms. The summed E-state index contributed by atoms with van der Waals surface area (Å²) in [5.41, 5.74) is 11.9. The SMILES string of the molecule is COc1ccc(CC(C)N)cc1OC(C)C(N)=O. The molecule has 0 saturated heterocycles. The third-order valence-corrected chi connectivity index (χ3v) is 2.49. The molecule has 0 fully saturated rings. The molecule has 2 atom stereocenters. The van der Waals surface area contributed by atoms with E-state index in [9.17, 15) is 4.79 Å². The Labute approximate surface area is 107 Å². The first-order chi connectivity index (χ1) is 8.43. The van der Waals surface area contributed by atoms with E-state index in [4.69, 9.17) is 20.9 Å². The summed E-state index contributed by atoms with van der Waals surface area (Å²) in [4.78, 5) is 11.0. The molecule has 0 radical (unpaired) electrons. The molecule has 0 saturated carbocycles. The second kappa shape index (κ2) is 6.26. The van der Waals surface area contributed by atoms with Crippen LogP contribution in [-0.4, -0.2) is 25.2 Å². The number of carbonyl (C=O) groups is 1. The van der Waals surface area contributed by atoms with Crippen LogP contribution in [0.15, 0.2) is 18.2 Å². The fourth-order valence-corrected chi connectivity index (χ4v) is 1.56. The van der Waals surface area contributed by atoms with E-state index in [1.54, 1.807) is 20.1 Å². The van der Waals surface area contributed by atoms with Crippen molar-refractivity contribution in [1.82, 2.24) is 0 Å². The van der Waals surface area contributed by atoms with E-state index in [0.717, 1.165) is 12.0 Å². The van der Waals surface area contributed by atoms with Gasteiger partial charge in [-0.3, -0.25) is 4.79 Å². The summed E-state index contributed by atoms with van der Waals surface area (Å²) in [5, 5.41) is 0. The molecule has 1 aromatic rings. The highest BCUT2D eigenvalue weighted by Crippen LogP contribution is 2.29. The molecule has 0 bridgehead atoms. The number of amides is 1. The summed E-state index contributed by atoms with van der Waals surface area (Å²) >= 11 is 0. The van der Waals surface area contributed by atoms with Gasteiger partial charge in [-0.1, -0.05) is 6.07 Å². The van der Waals surface area contributed by atoms with E-state index in [0.29, 0.717) is 11.5 Å². The van der Waals surface area contributed by atoms with Gasteiger partial charge in [-0.05, 0) is 38.0 Å². The van der Waals surface area contributed by atoms with E-state index < -0.39 is 12.0 Å². The van der Waals surface area contributed by atoms with Crippen LogP contribution in [0, 0.1) is 0 Å². The summed E-state index contributed by atoms with van der Waals surface area (Å²) in [6.45, 7) is 3.52. The first-order valence-corrected chi connectivity index (χ1v) is 5.82. The quantitative estimate of drug-likeness (QED) is 0.785. The van der Waals surface area contributed by atoms with E-state index in [-0.39, 0.29) is 6.04 Å². The molecule has 1 aromatic carbocycles. The lowest BCUT2D eigenvalue weighted by Gasteiger charge is -2.16. The fraction of sp³-hybridized carbons (Fsp3) is 0.462. The van der Waals surface area contributed by atoms with Gasteiger partial charge in [-0.2, -0.15) is 0 Å². The maximum absolute atomic E-state index is 11.0. The molecule has 0 aliphatic heterocycles. The third kappa shape index (κ3) is 3.92. The molecular formula is C13H20N2O3. The number of methoxy groups -OCH3 is 1. The number of benzene rings is 1. The zero-order chi connectivity index (χ0) is 13.7. The van der Waals surface area contributed by atoms with Gasteiger partial charge in [0.15, 0.2) is 17.6 Å². The van der Waals surface area contributed by atoms with Crippen molar-refractivity contribution in [3.63, 3.8) is 0 Å². The zero-order valence-electron chi connectivity index (χ0n) is 11.0. The van der Waals surface area contributed by atoms with Crippen LogP contribution >= 0.6 is 0 Å². The van der Waals surface area contributed by atoms with Crippen molar-refractivity contribution >= 4 is 5.91 Å². The second-order valence-corrected chi connectivity index (χ2v) is 4.33. The summed E-state index contributed by atoms with van der Waals surface area (Å²) in [6, 6.07) is 5.59. The van der Waals surface area contributed by atoms with Crippen molar-refractivity contribution in [2.24, 2.45) is 11.5 Å². The second-order valence-electron chi connectivity index (χ2n) is 4.33. The van der Waals surface area contributed by atoms with E-state index in [2.05, 4.69) is 0 Å². The number of ether oxygens (including phenoxy) is 2. The summed E-state index contributed by atoms with van der Waals surface area (Å²) in [6.07, 6.45) is 0.0233. The molecule has 2 unspecified atom stereocenters. The van der Waals surface area contributed by atoms with Crippen LogP contribution in [-0.2, 0) is 11.2 Å². The van der Waals surface area contributed by atoms with Gasteiger partial charge < -0.3 is 20.9 Å². The van der Waals surface area contributed by atoms with Crippen molar-refractivity contribution in [3.05, 3.63) is 23.8 Å². The maximum atomic E-state index is 11.0. The van der Waals surface area contributed by atoms with E-state index in [1.165, 1.54) is 0 Å². The number of nitrogens with two attached hydrogens (primary N) is 2. The number of carbonyl (C=O) groups excluding carboxylic acids is 1. The molecule has 0 heterocycles. The highest BCUT2D eigenvalue weighted by Gasteiger charge is 2.14. The van der Waals surface area contributed by atoms with Crippen LogP contribution in [0.2, 0.25) is 0 Å². The highest BCUT2D eigenvalue weighted by atomic mass is 16.5. The summed E-state index contributed by atoms with van der Waals surface area (Å²) in [5.74, 6) is 0.549. The molecular weight excluding hydrogens is 232 g/mol. The van der Waals surface area contributed by atoms with Crippen molar-refractivity contribution in [2.45, 2.75) is 32.4 Å². The van der Waals surface area contributed by atoms with Crippen molar-refractivity contribution < 1.29 is 14.3 Å². The minimum absolute atomic E-state index is 0.0554. The summed E-state index contributed by atoms with van der Waals surface area (Å²) < 4.78 is 10.7.